The summed E-state index contributed by atoms with van der Waals surface area (Å²) in [6, 6.07) is 23.0. The van der Waals surface area contributed by atoms with E-state index in [0.717, 1.165) is 5.56 Å². The van der Waals surface area contributed by atoms with Crippen LogP contribution in [0.25, 0.3) is 0 Å². The van der Waals surface area contributed by atoms with E-state index < -0.39 is 5.60 Å². The van der Waals surface area contributed by atoms with Gasteiger partial charge in [0.05, 0.1) is 18.8 Å². The summed E-state index contributed by atoms with van der Waals surface area (Å²) < 4.78 is 24.6. The third kappa shape index (κ3) is 5.39. The molecular formula is C23H23FO3. The zero-order valence-corrected chi connectivity index (χ0v) is 15.3. The van der Waals surface area contributed by atoms with Gasteiger partial charge >= 0.3 is 0 Å². The molecule has 1 unspecified atom stereocenters. The number of benzene rings is 3. The third-order valence-corrected chi connectivity index (χ3v) is 4.35. The molecule has 0 amide bonds. The van der Waals surface area contributed by atoms with Gasteiger partial charge in [-0.2, -0.15) is 0 Å². The molecule has 1 N–H and O–H groups in total. The highest BCUT2D eigenvalue weighted by atomic mass is 19.1. The molecule has 0 aliphatic carbocycles. The molecule has 3 nitrogen and oxygen atoms in total. The molecule has 0 aliphatic heterocycles. The minimum Gasteiger partial charge on any atom is -0.457 e. The van der Waals surface area contributed by atoms with Crippen molar-refractivity contribution in [1.82, 2.24) is 0 Å². The fourth-order valence-electron chi connectivity index (χ4n) is 2.80. The van der Waals surface area contributed by atoms with E-state index in [4.69, 9.17) is 9.47 Å². The smallest absolute Gasteiger partial charge is 0.133 e. The number of hydrogen-bond donors (Lipinski definition) is 1. The molecule has 0 heterocycles. The first kappa shape index (κ1) is 19.1. The molecule has 140 valence electrons. The summed E-state index contributed by atoms with van der Waals surface area (Å²) in [6.45, 7) is 2.66. The second kappa shape index (κ2) is 8.80. The predicted molar refractivity (Wildman–Crippen MR) is 103 cm³/mol. The van der Waals surface area contributed by atoms with E-state index in [0.29, 0.717) is 36.7 Å². The topological polar surface area (TPSA) is 38.7 Å². The van der Waals surface area contributed by atoms with Gasteiger partial charge in [-0.1, -0.05) is 48.5 Å². The molecule has 1 atom stereocenters. The third-order valence-electron chi connectivity index (χ3n) is 4.35. The Hall–Kier alpha value is -2.69. The second-order valence-corrected chi connectivity index (χ2v) is 6.61. The van der Waals surface area contributed by atoms with E-state index in [2.05, 4.69) is 0 Å². The Morgan fingerprint density at radius 2 is 1.56 bits per heavy atom. The van der Waals surface area contributed by atoms with Crippen molar-refractivity contribution in [3.63, 3.8) is 0 Å². The normalized spacial score (nSPS) is 13.1. The molecule has 0 saturated heterocycles. The number of para-hydroxylation sites is 1. The zero-order valence-electron chi connectivity index (χ0n) is 15.3. The van der Waals surface area contributed by atoms with Gasteiger partial charge in [-0.3, -0.25) is 0 Å². The highest BCUT2D eigenvalue weighted by Gasteiger charge is 2.26. The molecule has 0 aliphatic rings. The first-order valence-electron chi connectivity index (χ1n) is 8.91. The summed E-state index contributed by atoms with van der Waals surface area (Å²) in [5.74, 6) is 0.732. The molecule has 3 aromatic carbocycles. The highest BCUT2D eigenvalue weighted by molar-refractivity contribution is 5.41. The quantitative estimate of drug-likeness (QED) is 0.540. The summed E-state index contributed by atoms with van der Waals surface area (Å²) in [4.78, 5) is 0. The van der Waals surface area contributed by atoms with Gasteiger partial charge in [-0.25, -0.2) is 4.39 Å². The lowest BCUT2D eigenvalue weighted by atomic mass is 9.92. The van der Waals surface area contributed by atoms with Crippen LogP contribution in [0.3, 0.4) is 0 Å². The lowest BCUT2D eigenvalue weighted by Gasteiger charge is -2.26. The van der Waals surface area contributed by atoms with Crippen molar-refractivity contribution in [2.75, 3.05) is 6.61 Å². The maximum absolute atomic E-state index is 13.1. The van der Waals surface area contributed by atoms with E-state index in [1.54, 1.807) is 25.1 Å². The van der Waals surface area contributed by atoms with Gasteiger partial charge in [0.2, 0.25) is 0 Å². The Labute approximate surface area is 159 Å². The monoisotopic (exact) mass is 366 g/mol. The van der Waals surface area contributed by atoms with Gasteiger partial charge < -0.3 is 14.6 Å². The van der Waals surface area contributed by atoms with Gasteiger partial charge in [-0.15, -0.1) is 0 Å². The maximum Gasteiger partial charge on any atom is 0.133 e. The molecular weight excluding hydrogens is 343 g/mol. The van der Waals surface area contributed by atoms with Crippen molar-refractivity contribution in [2.45, 2.75) is 25.6 Å². The Kier molecular flexibility index (Phi) is 6.22. The standard InChI is InChI=1S/C23H23FO3/c1-23(25,15-16-26-17-18-7-3-2-4-8-18)21-9-5-6-10-22(21)27-20-13-11-19(24)12-14-20/h2-14,25H,15-17H2,1H3. The Balaban J connectivity index is 1.64. The molecule has 0 spiro atoms. The van der Waals surface area contributed by atoms with Gasteiger partial charge in [0.25, 0.3) is 0 Å². The number of aliphatic hydroxyl groups is 1. The average Bonchev–Trinajstić information content (AvgIpc) is 2.68. The molecule has 4 heteroatoms. The number of hydrogen-bond acceptors (Lipinski definition) is 3. The van der Waals surface area contributed by atoms with Crippen LogP contribution >= 0.6 is 0 Å². The predicted octanol–water partition coefficient (Wildman–Crippen LogP) is 5.43. The van der Waals surface area contributed by atoms with Crippen molar-refractivity contribution in [3.05, 3.63) is 95.8 Å². The van der Waals surface area contributed by atoms with Crippen LogP contribution in [0.15, 0.2) is 78.9 Å². The largest absolute Gasteiger partial charge is 0.457 e. The summed E-state index contributed by atoms with van der Waals surface area (Å²) in [5.41, 5.74) is 0.641. The van der Waals surface area contributed by atoms with E-state index in [1.165, 1.54) is 12.1 Å². The molecule has 0 aromatic heterocycles. The van der Waals surface area contributed by atoms with Crippen LogP contribution in [0.2, 0.25) is 0 Å². The van der Waals surface area contributed by atoms with Crippen LogP contribution in [0.5, 0.6) is 11.5 Å². The first-order valence-corrected chi connectivity index (χ1v) is 8.91. The lowest BCUT2D eigenvalue weighted by Crippen LogP contribution is -2.24. The van der Waals surface area contributed by atoms with Crippen molar-refractivity contribution in [3.8, 4) is 11.5 Å². The van der Waals surface area contributed by atoms with Gasteiger partial charge in [-0.05, 0) is 42.8 Å². The van der Waals surface area contributed by atoms with Gasteiger partial charge in [0.1, 0.15) is 17.3 Å². The van der Waals surface area contributed by atoms with E-state index in [9.17, 15) is 9.50 Å². The van der Waals surface area contributed by atoms with E-state index in [1.807, 2.05) is 48.5 Å². The van der Waals surface area contributed by atoms with Crippen LogP contribution in [0.4, 0.5) is 4.39 Å². The number of rotatable bonds is 8. The van der Waals surface area contributed by atoms with Gasteiger partial charge in [0, 0.05) is 12.0 Å². The van der Waals surface area contributed by atoms with E-state index >= 15 is 0 Å². The first-order chi connectivity index (χ1) is 13.0. The van der Waals surface area contributed by atoms with Crippen molar-refractivity contribution >= 4 is 0 Å². The molecule has 0 fully saturated rings. The minimum atomic E-state index is -1.12. The lowest BCUT2D eigenvalue weighted by molar-refractivity contribution is 0.00570. The molecule has 0 saturated carbocycles. The Morgan fingerprint density at radius 3 is 2.30 bits per heavy atom. The fourth-order valence-corrected chi connectivity index (χ4v) is 2.80. The maximum atomic E-state index is 13.1. The molecule has 0 radical (unpaired) electrons. The fraction of sp³-hybridized carbons (Fsp3) is 0.217. The van der Waals surface area contributed by atoms with Crippen LogP contribution in [0, 0.1) is 5.82 Å². The van der Waals surface area contributed by atoms with Gasteiger partial charge in [0.15, 0.2) is 0 Å². The molecule has 3 aromatic rings. The Bertz CT molecular complexity index is 845. The second-order valence-electron chi connectivity index (χ2n) is 6.61. The van der Waals surface area contributed by atoms with Crippen molar-refractivity contribution in [2.24, 2.45) is 0 Å². The average molecular weight is 366 g/mol. The summed E-state index contributed by atoms with van der Waals surface area (Å²) >= 11 is 0. The zero-order chi connectivity index (χ0) is 19.1. The molecule has 27 heavy (non-hydrogen) atoms. The Morgan fingerprint density at radius 1 is 0.889 bits per heavy atom. The van der Waals surface area contributed by atoms with E-state index in [-0.39, 0.29) is 5.82 Å². The summed E-state index contributed by atoms with van der Waals surface area (Å²) in [5, 5.41) is 11.0. The summed E-state index contributed by atoms with van der Waals surface area (Å²) in [6.07, 6.45) is 0.420. The summed E-state index contributed by atoms with van der Waals surface area (Å²) in [7, 11) is 0. The SMILES string of the molecule is CC(O)(CCOCc1ccccc1)c1ccccc1Oc1ccc(F)cc1. The minimum absolute atomic E-state index is 0.321. The molecule has 3 rings (SSSR count). The number of halogens is 1. The van der Waals surface area contributed by atoms with Crippen molar-refractivity contribution in [1.29, 1.82) is 0 Å². The number of ether oxygens (including phenoxy) is 2. The van der Waals surface area contributed by atoms with Crippen LogP contribution in [-0.4, -0.2) is 11.7 Å². The van der Waals surface area contributed by atoms with Crippen molar-refractivity contribution < 1.29 is 19.0 Å². The highest BCUT2D eigenvalue weighted by Crippen LogP contribution is 2.35. The van der Waals surface area contributed by atoms with Crippen LogP contribution in [-0.2, 0) is 16.9 Å². The van der Waals surface area contributed by atoms with Crippen LogP contribution in [0.1, 0.15) is 24.5 Å². The van der Waals surface area contributed by atoms with Crippen LogP contribution < -0.4 is 4.74 Å². The molecule has 0 bridgehead atoms.